The van der Waals surface area contributed by atoms with Gasteiger partial charge in [-0.3, -0.25) is 4.79 Å². The van der Waals surface area contributed by atoms with Crippen LogP contribution in [0.15, 0.2) is 21.1 Å². The van der Waals surface area contributed by atoms with Gasteiger partial charge in [0.1, 0.15) is 6.10 Å². The first kappa shape index (κ1) is 16.4. The van der Waals surface area contributed by atoms with Gasteiger partial charge in [-0.1, -0.05) is 15.9 Å². The Balaban J connectivity index is 2.25. The molecular formula is C13H14Br2N2O4. The van der Waals surface area contributed by atoms with Crippen LogP contribution in [-0.4, -0.2) is 44.8 Å². The maximum absolute atomic E-state index is 12.2. The van der Waals surface area contributed by atoms with Gasteiger partial charge in [-0.05, 0) is 28.1 Å². The summed E-state index contributed by atoms with van der Waals surface area (Å²) in [6.45, 7) is 1.64. The van der Waals surface area contributed by atoms with E-state index in [1.165, 1.54) is 7.11 Å². The van der Waals surface area contributed by atoms with Crippen molar-refractivity contribution in [1.29, 1.82) is 0 Å². The largest absolute Gasteiger partial charge is 0.465 e. The molecule has 8 heteroatoms. The molecule has 2 N–H and O–H groups in total. The second kappa shape index (κ2) is 7.35. The first-order chi connectivity index (χ1) is 10.0. The van der Waals surface area contributed by atoms with Gasteiger partial charge >= 0.3 is 5.97 Å². The molecule has 0 radical (unpaired) electrons. The van der Waals surface area contributed by atoms with Crippen molar-refractivity contribution in [3.63, 3.8) is 0 Å². The number of rotatable bonds is 3. The highest BCUT2D eigenvalue weighted by Crippen LogP contribution is 2.31. The monoisotopic (exact) mass is 420 g/mol. The van der Waals surface area contributed by atoms with E-state index in [2.05, 4.69) is 42.5 Å². The van der Waals surface area contributed by atoms with Crippen LogP contribution in [-0.2, 0) is 14.3 Å². The first-order valence-corrected chi connectivity index (χ1v) is 7.82. The van der Waals surface area contributed by atoms with Gasteiger partial charge in [0.05, 0.1) is 25.0 Å². The molecule has 1 heterocycles. The molecular weight excluding hydrogens is 408 g/mol. The zero-order chi connectivity index (χ0) is 15.4. The summed E-state index contributed by atoms with van der Waals surface area (Å²) in [4.78, 5) is 24.0. The quantitative estimate of drug-likeness (QED) is 0.729. The molecule has 0 saturated carbocycles. The van der Waals surface area contributed by atoms with Crippen molar-refractivity contribution < 1.29 is 19.1 Å². The lowest BCUT2D eigenvalue weighted by molar-refractivity contribution is -0.128. The molecule has 1 aliphatic rings. The molecule has 6 nitrogen and oxygen atoms in total. The zero-order valence-electron chi connectivity index (χ0n) is 11.2. The second-order valence-corrected chi connectivity index (χ2v) is 6.12. The number of halogens is 2. The fraction of sp³-hybridized carbons (Fsp3) is 0.385. The summed E-state index contributed by atoms with van der Waals surface area (Å²) in [5.41, 5.74) is 0.625. The van der Waals surface area contributed by atoms with Crippen LogP contribution in [0.4, 0.5) is 5.69 Å². The van der Waals surface area contributed by atoms with Crippen molar-refractivity contribution in [3.05, 3.63) is 26.6 Å². The Bertz CT molecular complexity index is 559. The third-order valence-electron chi connectivity index (χ3n) is 2.93. The fourth-order valence-corrected chi connectivity index (χ4v) is 3.23. The third-order valence-corrected chi connectivity index (χ3v) is 4.01. The van der Waals surface area contributed by atoms with E-state index in [-0.39, 0.29) is 11.5 Å². The minimum Gasteiger partial charge on any atom is -0.465 e. The highest BCUT2D eigenvalue weighted by molar-refractivity contribution is 9.11. The number of hydrogen-bond donors (Lipinski definition) is 2. The number of amides is 1. The van der Waals surface area contributed by atoms with Crippen LogP contribution in [0, 0.1) is 0 Å². The minimum absolute atomic E-state index is 0.260. The van der Waals surface area contributed by atoms with Crippen molar-refractivity contribution in [3.8, 4) is 0 Å². The van der Waals surface area contributed by atoms with Gasteiger partial charge in [0.15, 0.2) is 0 Å². The zero-order valence-corrected chi connectivity index (χ0v) is 14.4. The van der Waals surface area contributed by atoms with Gasteiger partial charge < -0.3 is 20.1 Å². The summed E-state index contributed by atoms with van der Waals surface area (Å²) < 4.78 is 11.4. The van der Waals surface area contributed by atoms with Crippen LogP contribution >= 0.6 is 31.9 Å². The van der Waals surface area contributed by atoms with Crippen LogP contribution in [0.1, 0.15) is 10.4 Å². The summed E-state index contributed by atoms with van der Waals surface area (Å²) >= 11 is 6.64. The first-order valence-electron chi connectivity index (χ1n) is 6.23. The number of anilines is 1. The molecule has 0 bridgehead atoms. The summed E-state index contributed by atoms with van der Waals surface area (Å²) in [5, 5.41) is 5.80. The average molecular weight is 422 g/mol. The van der Waals surface area contributed by atoms with Crippen LogP contribution < -0.4 is 10.6 Å². The highest BCUT2D eigenvalue weighted by Gasteiger charge is 2.25. The van der Waals surface area contributed by atoms with Crippen molar-refractivity contribution in [1.82, 2.24) is 5.32 Å². The lowest BCUT2D eigenvalue weighted by atomic mass is 10.1. The van der Waals surface area contributed by atoms with Gasteiger partial charge in [0.25, 0.3) is 5.91 Å². The molecule has 1 aromatic rings. The van der Waals surface area contributed by atoms with E-state index >= 15 is 0 Å². The Hall–Kier alpha value is -0.960. The molecule has 1 fully saturated rings. The molecule has 21 heavy (non-hydrogen) atoms. The summed E-state index contributed by atoms with van der Waals surface area (Å²) in [6, 6.07) is 3.33. The second-order valence-electron chi connectivity index (χ2n) is 4.35. The van der Waals surface area contributed by atoms with Crippen LogP contribution in [0.3, 0.4) is 0 Å². The molecule has 0 aromatic heterocycles. The minimum atomic E-state index is -0.584. The van der Waals surface area contributed by atoms with E-state index in [1.807, 2.05) is 0 Å². The number of esters is 1. The Kier molecular flexibility index (Phi) is 5.74. The molecule has 1 amide bonds. The van der Waals surface area contributed by atoms with Crippen LogP contribution in [0.2, 0.25) is 0 Å². The number of hydrogen-bond acceptors (Lipinski definition) is 5. The lowest BCUT2D eigenvalue weighted by Crippen LogP contribution is -2.45. The lowest BCUT2D eigenvalue weighted by Gasteiger charge is -2.23. The predicted octanol–water partition coefficient (Wildman–Crippen LogP) is 1.93. The van der Waals surface area contributed by atoms with Crippen molar-refractivity contribution in [2.45, 2.75) is 6.10 Å². The smallest absolute Gasteiger partial charge is 0.340 e. The van der Waals surface area contributed by atoms with Gasteiger partial charge in [0, 0.05) is 22.0 Å². The molecule has 114 valence electrons. The Morgan fingerprint density at radius 1 is 1.43 bits per heavy atom. The van der Waals surface area contributed by atoms with Crippen LogP contribution in [0.5, 0.6) is 0 Å². The number of methoxy groups -OCH3 is 1. The fourth-order valence-electron chi connectivity index (χ4n) is 1.91. The summed E-state index contributed by atoms with van der Waals surface area (Å²) in [6.07, 6.45) is -0.584. The van der Waals surface area contributed by atoms with Gasteiger partial charge in [0.2, 0.25) is 0 Å². The van der Waals surface area contributed by atoms with Crippen molar-refractivity contribution in [2.75, 3.05) is 32.1 Å². The highest BCUT2D eigenvalue weighted by atomic mass is 79.9. The molecule has 1 aromatic carbocycles. The molecule has 1 aliphatic heterocycles. The molecule has 1 saturated heterocycles. The van der Waals surface area contributed by atoms with E-state index in [0.29, 0.717) is 27.8 Å². The van der Waals surface area contributed by atoms with E-state index in [9.17, 15) is 9.59 Å². The van der Waals surface area contributed by atoms with Gasteiger partial charge in [-0.25, -0.2) is 4.79 Å². The predicted molar refractivity (Wildman–Crippen MR) is 84.4 cm³/mol. The number of nitrogens with one attached hydrogen (secondary N) is 2. The molecule has 1 unspecified atom stereocenters. The number of carbonyl (C=O) groups is 2. The van der Waals surface area contributed by atoms with E-state index in [4.69, 9.17) is 9.47 Å². The van der Waals surface area contributed by atoms with Gasteiger partial charge in [-0.2, -0.15) is 0 Å². The van der Waals surface area contributed by atoms with Crippen LogP contribution in [0.25, 0.3) is 0 Å². The van der Waals surface area contributed by atoms with Gasteiger partial charge in [-0.15, -0.1) is 0 Å². The molecule has 0 aliphatic carbocycles. The Labute approximate surface area is 138 Å². The molecule has 1 atom stereocenters. The third kappa shape index (κ3) is 4.03. The number of benzene rings is 1. The van der Waals surface area contributed by atoms with Crippen molar-refractivity contribution in [2.24, 2.45) is 0 Å². The van der Waals surface area contributed by atoms with E-state index in [0.717, 1.165) is 6.54 Å². The average Bonchev–Trinajstić information content (AvgIpc) is 2.49. The Morgan fingerprint density at radius 3 is 2.81 bits per heavy atom. The topological polar surface area (TPSA) is 76.7 Å². The maximum Gasteiger partial charge on any atom is 0.340 e. The van der Waals surface area contributed by atoms with E-state index in [1.54, 1.807) is 12.1 Å². The van der Waals surface area contributed by atoms with E-state index < -0.39 is 12.1 Å². The Morgan fingerprint density at radius 2 is 2.19 bits per heavy atom. The van der Waals surface area contributed by atoms with Crippen molar-refractivity contribution >= 4 is 49.4 Å². The SMILES string of the molecule is COC(=O)c1cc(Br)cc(Br)c1NC(=O)C1CNCCO1. The molecule has 0 spiro atoms. The molecule has 2 rings (SSSR count). The summed E-state index contributed by atoms with van der Waals surface area (Å²) in [5.74, 6) is -0.842. The standard InChI is InChI=1S/C13H14Br2N2O4/c1-20-13(19)8-4-7(14)5-9(15)11(8)17-12(18)10-6-16-2-3-21-10/h4-5,10,16H,2-3,6H2,1H3,(H,17,18). The normalized spacial score (nSPS) is 18.1. The number of ether oxygens (including phenoxy) is 2. The summed E-state index contributed by atoms with van der Waals surface area (Å²) in [7, 11) is 1.29. The number of carbonyl (C=O) groups excluding carboxylic acids is 2. The number of morpholine rings is 1. The maximum atomic E-state index is 12.2.